The Hall–Kier alpha value is -1.02. The summed E-state index contributed by atoms with van der Waals surface area (Å²) >= 11 is 0. The van der Waals surface area contributed by atoms with Crippen molar-refractivity contribution < 1.29 is 10.2 Å². The highest BCUT2D eigenvalue weighted by molar-refractivity contribution is 5.36. The second-order valence-electron chi connectivity index (χ2n) is 2.48. The molecule has 2 nitrogen and oxygen atoms in total. The maximum Gasteiger partial charge on any atom is 0.114 e. The Labute approximate surface area is 66.2 Å². The van der Waals surface area contributed by atoms with Gasteiger partial charge >= 0.3 is 0 Å². The molecule has 0 heterocycles. The van der Waals surface area contributed by atoms with Gasteiger partial charge in [-0.15, -0.1) is 0 Å². The second-order valence-corrected chi connectivity index (χ2v) is 2.48. The van der Waals surface area contributed by atoms with E-state index in [1.807, 2.05) is 13.0 Å². The summed E-state index contributed by atoms with van der Waals surface area (Å²) in [6.07, 6.45) is 6.91. The number of rotatable bonds is 1. The van der Waals surface area contributed by atoms with Crippen LogP contribution in [0.25, 0.3) is 0 Å². The Kier molecular flexibility index (Phi) is 2.49. The molecule has 0 amide bonds. The van der Waals surface area contributed by atoms with E-state index in [0.717, 1.165) is 12.0 Å². The fourth-order valence-corrected chi connectivity index (χ4v) is 1.02. The van der Waals surface area contributed by atoms with E-state index < -0.39 is 6.10 Å². The van der Waals surface area contributed by atoms with Crippen LogP contribution in [0.15, 0.2) is 35.6 Å². The van der Waals surface area contributed by atoms with Crippen molar-refractivity contribution in [3.63, 3.8) is 0 Å². The van der Waals surface area contributed by atoms with Gasteiger partial charge in [-0.25, -0.2) is 0 Å². The molecule has 0 aromatic heterocycles. The SMILES string of the molecule is CCC=C1C=CC(O)=CC1O. The molecule has 0 aliphatic heterocycles. The standard InChI is InChI=1S/C9H12O2/c1-2-3-7-4-5-8(10)6-9(7)11/h3-6,9-11H,2H2,1H3. The molecule has 0 saturated heterocycles. The van der Waals surface area contributed by atoms with Crippen molar-refractivity contribution in [1.29, 1.82) is 0 Å². The topological polar surface area (TPSA) is 40.5 Å². The fraction of sp³-hybridized carbons (Fsp3) is 0.333. The summed E-state index contributed by atoms with van der Waals surface area (Å²) in [6, 6.07) is 0. The smallest absolute Gasteiger partial charge is 0.114 e. The van der Waals surface area contributed by atoms with Crippen molar-refractivity contribution in [2.45, 2.75) is 19.4 Å². The Balaban J connectivity index is 2.77. The number of aliphatic hydroxyl groups excluding tert-OH is 2. The van der Waals surface area contributed by atoms with E-state index in [1.54, 1.807) is 12.2 Å². The number of aliphatic hydroxyl groups is 2. The van der Waals surface area contributed by atoms with Crippen LogP contribution in [0.3, 0.4) is 0 Å². The quantitative estimate of drug-likeness (QED) is 0.600. The van der Waals surface area contributed by atoms with Crippen LogP contribution in [0.4, 0.5) is 0 Å². The van der Waals surface area contributed by atoms with Gasteiger partial charge in [0.1, 0.15) is 11.9 Å². The molecule has 2 heteroatoms. The van der Waals surface area contributed by atoms with Gasteiger partial charge in [-0.1, -0.05) is 19.1 Å². The molecule has 1 atom stereocenters. The molecule has 1 aliphatic carbocycles. The molecule has 1 rings (SSSR count). The zero-order chi connectivity index (χ0) is 8.27. The third-order valence-electron chi connectivity index (χ3n) is 1.56. The molecule has 0 saturated carbocycles. The predicted octanol–water partition coefficient (Wildman–Crippen LogP) is 1.70. The normalized spacial score (nSPS) is 27.3. The van der Waals surface area contributed by atoms with E-state index in [1.165, 1.54) is 6.08 Å². The largest absolute Gasteiger partial charge is 0.508 e. The average Bonchev–Trinajstić information content (AvgIpc) is 1.95. The highest BCUT2D eigenvalue weighted by Crippen LogP contribution is 2.14. The maximum absolute atomic E-state index is 9.31. The van der Waals surface area contributed by atoms with Gasteiger partial charge < -0.3 is 10.2 Å². The first-order valence-corrected chi connectivity index (χ1v) is 3.71. The monoisotopic (exact) mass is 152 g/mol. The summed E-state index contributed by atoms with van der Waals surface area (Å²) in [6.45, 7) is 2.01. The molecule has 11 heavy (non-hydrogen) atoms. The van der Waals surface area contributed by atoms with Crippen LogP contribution >= 0.6 is 0 Å². The van der Waals surface area contributed by atoms with E-state index >= 15 is 0 Å². The van der Waals surface area contributed by atoms with Crippen molar-refractivity contribution in [3.8, 4) is 0 Å². The highest BCUT2D eigenvalue weighted by atomic mass is 16.3. The van der Waals surface area contributed by atoms with Crippen LogP contribution in [0.2, 0.25) is 0 Å². The van der Waals surface area contributed by atoms with E-state index in [-0.39, 0.29) is 5.76 Å². The number of allylic oxidation sites excluding steroid dienone is 2. The van der Waals surface area contributed by atoms with E-state index in [4.69, 9.17) is 5.11 Å². The highest BCUT2D eigenvalue weighted by Gasteiger charge is 2.09. The molecular formula is C9H12O2. The first-order valence-electron chi connectivity index (χ1n) is 3.71. The van der Waals surface area contributed by atoms with Gasteiger partial charge in [0.2, 0.25) is 0 Å². The first-order chi connectivity index (χ1) is 5.24. The third-order valence-corrected chi connectivity index (χ3v) is 1.56. The van der Waals surface area contributed by atoms with Gasteiger partial charge in [-0.2, -0.15) is 0 Å². The molecule has 60 valence electrons. The molecule has 0 radical (unpaired) electrons. The molecule has 0 aromatic carbocycles. The van der Waals surface area contributed by atoms with Crippen LogP contribution in [0.1, 0.15) is 13.3 Å². The summed E-state index contributed by atoms with van der Waals surface area (Å²) in [5.74, 6) is 0.130. The minimum Gasteiger partial charge on any atom is -0.508 e. The molecule has 1 unspecified atom stereocenters. The van der Waals surface area contributed by atoms with Gasteiger partial charge in [-0.05, 0) is 24.1 Å². The summed E-state index contributed by atoms with van der Waals surface area (Å²) < 4.78 is 0. The Morgan fingerprint density at radius 1 is 1.55 bits per heavy atom. The number of hydrogen-bond donors (Lipinski definition) is 2. The van der Waals surface area contributed by atoms with Crippen LogP contribution < -0.4 is 0 Å². The Morgan fingerprint density at radius 3 is 2.82 bits per heavy atom. The summed E-state index contributed by atoms with van der Waals surface area (Å²) in [5.41, 5.74) is 0.852. The lowest BCUT2D eigenvalue weighted by Gasteiger charge is -2.11. The van der Waals surface area contributed by atoms with Crippen molar-refractivity contribution in [2.75, 3.05) is 0 Å². The molecule has 0 aromatic rings. The van der Waals surface area contributed by atoms with Crippen LogP contribution in [-0.4, -0.2) is 16.3 Å². The zero-order valence-electron chi connectivity index (χ0n) is 6.49. The fourth-order valence-electron chi connectivity index (χ4n) is 1.02. The van der Waals surface area contributed by atoms with Crippen molar-refractivity contribution in [3.05, 3.63) is 35.6 Å². The van der Waals surface area contributed by atoms with Crippen molar-refractivity contribution in [2.24, 2.45) is 0 Å². The van der Waals surface area contributed by atoms with Gasteiger partial charge in [0.05, 0.1) is 0 Å². The molecule has 0 fully saturated rings. The van der Waals surface area contributed by atoms with Crippen LogP contribution in [-0.2, 0) is 0 Å². The van der Waals surface area contributed by atoms with E-state index in [2.05, 4.69) is 0 Å². The van der Waals surface area contributed by atoms with E-state index in [0.29, 0.717) is 0 Å². The summed E-state index contributed by atoms with van der Waals surface area (Å²) in [5, 5.41) is 18.3. The van der Waals surface area contributed by atoms with E-state index in [9.17, 15) is 5.11 Å². The lowest BCUT2D eigenvalue weighted by molar-refractivity contribution is 0.254. The van der Waals surface area contributed by atoms with Gasteiger partial charge in [0.25, 0.3) is 0 Å². The molecule has 0 spiro atoms. The minimum absolute atomic E-state index is 0.130. The van der Waals surface area contributed by atoms with Crippen LogP contribution in [0.5, 0.6) is 0 Å². The zero-order valence-corrected chi connectivity index (χ0v) is 6.49. The maximum atomic E-state index is 9.31. The van der Waals surface area contributed by atoms with Crippen LogP contribution in [0, 0.1) is 0 Å². The van der Waals surface area contributed by atoms with Gasteiger partial charge in [-0.3, -0.25) is 0 Å². The molecule has 2 N–H and O–H groups in total. The number of hydrogen-bond acceptors (Lipinski definition) is 2. The van der Waals surface area contributed by atoms with Gasteiger partial charge in [0, 0.05) is 0 Å². The molecular weight excluding hydrogens is 140 g/mol. The molecule has 1 aliphatic rings. The van der Waals surface area contributed by atoms with Crippen molar-refractivity contribution >= 4 is 0 Å². The summed E-state index contributed by atoms with van der Waals surface area (Å²) in [7, 11) is 0. The average molecular weight is 152 g/mol. The van der Waals surface area contributed by atoms with Crippen molar-refractivity contribution in [1.82, 2.24) is 0 Å². The molecule has 0 bridgehead atoms. The summed E-state index contributed by atoms with van der Waals surface area (Å²) in [4.78, 5) is 0. The first kappa shape index (κ1) is 8.08. The third kappa shape index (κ3) is 1.95. The van der Waals surface area contributed by atoms with Gasteiger partial charge in [0.15, 0.2) is 0 Å². The minimum atomic E-state index is -0.639. The predicted molar refractivity (Wildman–Crippen MR) is 44.2 cm³/mol. The Morgan fingerprint density at radius 2 is 2.27 bits per heavy atom. The second kappa shape index (κ2) is 3.39. The lowest BCUT2D eigenvalue weighted by atomic mass is 10.0. The Bertz CT molecular complexity index is 224. The lowest BCUT2D eigenvalue weighted by Crippen LogP contribution is -2.09.